The molecular weight excluding hydrogens is 336 g/mol. The Kier molecular flexibility index (Phi) is 6.65. The molecule has 27 heavy (non-hydrogen) atoms. The molecule has 0 amide bonds. The van der Waals surface area contributed by atoms with E-state index in [0.717, 1.165) is 43.1 Å². The Morgan fingerprint density at radius 3 is 2.81 bits per heavy atom. The van der Waals surface area contributed by atoms with E-state index < -0.39 is 0 Å². The predicted molar refractivity (Wildman–Crippen MR) is 114 cm³/mol. The van der Waals surface area contributed by atoms with Crippen LogP contribution in [0.1, 0.15) is 33.6 Å². The highest BCUT2D eigenvalue weighted by molar-refractivity contribution is 5.83. The molecule has 6 nitrogen and oxygen atoms in total. The molecule has 0 bridgehead atoms. The zero-order chi connectivity index (χ0) is 19.1. The first-order valence-electron chi connectivity index (χ1n) is 9.84. The number of fused-ring (bicyclic) bond motifs is 1. The van der Waals surface area contributed by atoms with Crippen LogP contribution in [-0.2, 0) is 0 Å². The van der Waals surface area contributed by atoms with E-state index in [-0.39, 0.29) is 0 Å². The van der Waals surface area contributed by atoms with Gasteiger partial charge in [0.1, 0.15) is 5.82 Å². The number of benzene rings is 1. The molecule has 3 N–H and O–H groups in total. The summed E-state index contributed by atoms with van der Waals surface area (Å²) < 4.78 is 0. The van der Waals surface area contributed by atoms with Crippen LogP contribution in [0, 0.1) is 0 Å². The van der Waals surface area contributed by atoms with E-state index in [9.17, 15) is 0 Å². The zero-order valence-electron chi connectivity index (χ0n) is 16.5. The van der Waals surface area contributed by atoms with Gasteiger partial charge in [0.05, 0.1) is 0 Å². The van der Waals surface area contributed by atoms with Gasteiger partial charge in [0.2, 0.25) is 5.95 Å². The van der Waals surface area contributed by atoms with Gasteiger partial charge in [0.25, 0.3) is 0 Å². The zero-order valence-corrected chi connectivity index (χ0v) is 16.5. The Hall–Kier alpha value is -2.60. The highest BCUT2D eigenvalue weighted by atomic mass is 15.1. The third kappa shape index (κ3) is 5.44. The molecule has 0 radical (unpaired) electrons. The maximum absolute atomic E-state index is 4.60. The van der Waals surface area contributed by atoms with Crippen LogP contribution in [0.4, 0.5) is 17.5 Å². The number of hydrogen-bond donors (Lipinski definition) is 3. The van der Waals surface area contributed by atoms with Crippen LogP contribution in [0.15, 0.2) is 42.7 Å². The van der Waals surface area contributed by atoms with E-state index in [1.165, 1.54) is 11.8 Å². The maximum atomic E-state index is 4.60. The summed E-state index contributed by atoms with van der Waals surface area (Å²) >= 11 is 0. The fourth-order valence-electron chi connectivity index (χ4n) is 3.22. The van der Waals surface area contributed by atoms with Gasteiger partial charge in [0.15, 0.2) is 0 Å². The van der Waals surface area contributed by atoms with Crippen molar-refractivity contribution < 1.29 is 0 Å². The number of aromatic amines is 1. The van der Waals surface area contributed by atoms with Crippen molar-refractivity contribution in [1.29, 1.82) is 0 Å². The average Bonchev–Trinajstić information content (AvgIpc) is 3.13. The highest BCUT2D eigenvalue weighted by Gasteiger charge is 2.07. The van der Waals surface area contributed by atoms with E-state index in [1.54, 1.807) is 6.20 Å². The fraction of sp³-hybridized carbons (Fsp3) is 0.429. The lowest BCUT2D eigenvalue weighted by Crippen LogP contribution is -2.26. The van der Waals surface area contributed by atoms with Crippen LogP contribution in [0.3, 0.4) is 0 Å². The Labute approximate surface area is 161 Å². The number of rotatable bonds is 10. The van der Waals surface area contributed by atoms with Gasteiger partial charge in [-0.2, -0.15) is 4.98 Å². The number of nitrogens with one attached hydrogen (secondary N) is 3. The molecule has 2 heterocycles. The minimum atomic E-state index is 0.339. The number of nitrogens with zero attached hydrogens (tertiary/aromatic N) is 3. The van der Waals surface area contributed by atoms with Gasteiger partial charge < -0.3 is 20.5 Å². The molecule has 3 aromatic rings. The SMILES string of the molecule is CCN(CC)CCCC(C)Nc1nccc(Nc2ccc3cc[nH]c3c2)n1. The number of anilines is 3. The van der Waals surface area contributed by atoms with E-state index in [1.807, 2.05) is 12.3 Å². The summed E-state index contributed by atoms with van der Waals surface area (Å²) in [7, 11) is 0. The summed E-state index contributed by atoms with van der Waals surface area (Å²) in [6.45, 7) is 9.98. The molecule has 0 fully saturated rings. The molecule has 0 saturated heterocycles. The van der Waals surface area contributed by atoms with Crippen LogP contribution in [-0.4, -0.2) is 45.5 Å². The molecule has 0 aliphatic carbocycles. The molecule has 0 spiro atoms. The minimum Gasteiger partial charge on any atom is -0.361 e. The van der Waals surface area contributed by atoms with Crippen molar-refractivity contribution in [1.82, 2.24) is 19.9 Å². The maximum Gasteiger partial charge on any atom is 0.224 e. The third-order valence-electron chi connectivity index (χ3n) is 4.86. The molecule has 3 rings (SSSR count). The first-order chi connectivity index (χ1) is 13.2. The van der Waals surface area contributed by atoms with Gasteiger partial charge >= 0.3 is 0 Å². The van der Waals surface area contributed by atoms with Crippen LogP contribution < -0.4 is 10.6 Å². The molecule has 144 valence electrons. The molecular formula is C21H30N6. The third-order valence-corrected chi connectivity index (χ3v) is 4.86. The Bertz CT molecular complexity index is 839. The van der Waals surface area contributed by atoms with Crippen molar-refractivity contribution in [2.75, 3.05) is 30.3 Å². The topological polar surface area (TPSA) is 68.9 Å². The second-order valence-corrected chi connectivity index (χ2v) is 6.88. The van der Waals surface area contributed by atoms with E-state index >= 15 is 0 Å². The van der Waals surface area contributed by atoms with Crippen molar-refractivity contribution in [3.63, 3.8) is 0 Å². The fourth-order valence-corrected chi connectivity index (χ4v) is 3.22. The van der Waals surface area contributed by atoms with Crippen molar-refractivity contribution in [2.24, 2.45) is 0 Å². The monoisotopic (exact) mass is 366 g/mol. The molecule has 0 saturated carbocycles. The van der Waals surface area contributed by atoms with Crippen LogP contribution in [0.5, 0.6) is 0 Å². The number of H-pyrrole nitrogens is 1. The van der Waals surface area contributed by atoms with E-state index in [0.29, 0.717) is 12.0 Å². The van der Waals surface area contributed by atoms with Crippen molar-refractivity contribution in [2.45, 2.75) is 39.7 Å². The van der Waals surface area contributed by atoms with Gasteiger partial charge in [-0.05, 0) is 69.1 Å². The van der Waals surface area contributed by atoms with Crippen molar-refractivity contribution in [3.05, 3.63) is 42.7 Å². The van der Waals surface area contributed by atoms with Gasteiger partial charge in [-0.25, -0.2) is 4.98 Å². The lowest BCUT2D eigenvalue weighted by atomic mass is 10.2. The summed E-state index contributed by atoms with van der Waals surface area (Å²) in [4.78, 5) is 14.6. The molecule has 0 aliphatic rings. The molecule has 6 heteroatoms. The van der Waals surface area contributed by atoms with Crippen LogP contribution in [0.25, 0.3) is 10.9 Å². The van der Waals surface area contributed by atoms with Gasteiger partial charge in [-0.15, -0.1) is 0 Å². The van der Waals surface area contributed by atoms with Gasteiger partial charge in [0, 0.05) is 29.6 Å². The Balaban J connectivity index is 1.55. The molecule has 1 atom stereocenters. The van der Waals surface area contributed by atoms with Crippen molar-refractivity contribution in [3.8, 4) is 0 Å². The average molecular weight is 367 g/mol. The lowest BCUT2D eigenvalue weighted by Gasteiger charge is -2.19. The van der Waals surface area contributed by atoms with Gasteiger partial charge in [-0.1, -0.05) is 19.9 Å². The Morgan fingerprint density at radius 2 is 2.00 bits per heavy atom. The smallest absolute Gasteiger partial charge is 0.224 e. The van der Waals surface area contributed by atoms with E-state index in [4.69, 9.17) is 0 Å². The first-order valence-corrected chi connectivity index (χ1v) is 9.84. The summed E-state index contributed by atoms with van der Waals surface area (Å²) in [5.74, 6) is 1.45. The number of aromatic nitrogens is 3. The summed E-state index contributed by atoms with van der Waals surface area (Å²) in [5.41, 5.74) is 2.11. The summed E-state index contributed by atoms with van der Waals surface area (Å²) in [5, 5.41) is 7.97. The first kappa shape index (κ1) is 19.2. The highest BCUT2D eigenvalue weighted by Crippen LogP contribution is 2.21. The molecule has 1 aromatic carbocycles. The largest absolute Gasteiger partial charge is 0.361 e. The van der Waals surface area contributed by atoms with Crippen LogP contribution >= 0.6 is 0 Å². The minimum absolute atomic E-state index is 0.339. The van der Waals surface area contributed by atoms with Gasteiger partial charge in [-0.3, -0.25) is 0 Å². The number of hydrogen-bond acceptors (Lipinski definition) is 5. The second kappa shape index (κ2) is 9.37. The quantitative estimate of drug-likeness (QED) is 0.488. The van der Waals surface area contributed by atoms with Crippen LogP contribution in [0.2, 0.25) is 0 Å². The molecule has 2 aromatic heterocycles. The second-order valence-electron chi connectivity index (χ2n) is 6.88. The Morgan fingerprint density at radius 1 is 1.15 bits per heavy atom. The molecule has 0 aliphatic heterocycles. The molecule has 1 unspecified atom stereocenters. The standard InChI is InChI=1S/C21H30N6/c1-4-27(5-2)14-6-7-16(3)24-21-23-13-11-20(26-21)25-18-9-8-17-10-12-22-19(17)15-18/h8-13,15-16,22H,4-7,14H2,1-3H3,(H2,23,24,25,26). The predicted octanol–water partition coefficient (Wildman–Crippen LogP) is 4.62. The van der Waals surface area contributed by atoms with Crippen molar-refractivity contribution >= 4 is 28.4 Å². The normalized spacial score (nSPS) is 12.4. The summed E-state index contributed by atoms with van der Waals surface area (Å²) in [6, 6.07) is 10.5. The summed E-state index contributed by atoms with van der Waals surface area (Å²) in [6.07, 6.45) is 6.00. The lowest BCUT2D eigenvalue weighted by molar-refractivity contribution is 0.295. The van der Waals surface area contributed by atoms with E-state index in [2.05, 4.69) is 75.5 Å².